The molecule has 3 aliphatic heterocycles. The number of likely N-dealkylation sites (N-methyl/N-ethyl adjacent to an activating group) is 1. The Hall–Kier alpha value is -2.70. The molecule has 4 heterocycles. The minimum absolute atomic E-state index is 0.102. The number of rotatable bonds is 4. The highest BCUT2D eigenvalue weighted by molar-refractivity contribution is 5.71. The van der Waals surface area contributed by atoms with Gasteiger partial charge < -0.3 is 9.64 Å². The molecule has 3 aromatic rings. The van der Waals surface area contributed by atoms with Crippen LogP contribution in [-0.2, 0) is 0 Å². The molecular weight excluding hydrogens is 367 g/mol. The molecule has 1 saturated heterocycles. The van der Waals surface area contributed by atoms with Crippen molar-refractivity contribution in [3.63, 3.8) is 0 Å². The van der Waals surface area contributed by atoms with Gasteiger partial charge in [-0.05, 0) is 36.9 Å². The Labute approximate surface area is 170 Å². The lowest BCUT2D eigenvalue weighted by Gasteiger charge is -2.35. The van der Waals surface area contributed by atoms with E-state index in [1.807, 2.05) is 29.1 Å². The van der Waals surface area contributed by atoms with Crippen LogP contribution in [0.1, 0.15) is 17.0 Å². The fourth-order valence-electron chi connectivity index (χ4n) is 4.48. The molecule has 29 heavy (non-hydrogen) atoms. The van der Waals surface area contributed by atoms with E-state index in [9.17, 15) is 4.39 Å². The maximum atomic E-state index is 14.8. The number of halogens is 1. The van der Waals surface area contributed by atoms with E-state index in [1.165, 1.54) is 11.6 Å². The first-order valence-corrected chi connectivity index (χ1v) is 10.1. The van der Waals surface area contributed by atoms with E-state index in [0.29, 0.717) is 5.56 Å². The Morgan fingerprint density at radius 3 is 2.66 bits per heavy atom. The Kier molecular flexibility index (Phi) is 4.60. The van der Waals surface area contributed by atoms with Crippen molar-refractivity contribution in [3.05, 3.63) is 65.6 Å². The first kappa shape index (κ1) is 18.3. The summed E-state index contributed by atoms with van der Waals surface area (Å²) in [6.45, 7) is 5.07. The van der Waals surface area contributed by atoms with E-state index < -0.39 is 0 Å². The monoisotopic (exact) mass is 392 g/mol. The maximum Gasteiger partial charge on any atom is 0.144 e. The molecule has 0 saturated carbocycles. The molecule has 3 aliphatic rings. The van der Waals surface area contributed by atoms with Crippen molar-refractivity contribution in [2.24, 2.45) is 0 Å². The van der Waals surface area contributed by atoms with Crippen LogP contribution in [0.4, 0.5) is 4.39 Å². The molecule has 1 aromatic heterocycles. The van der Waals surface area contributed by atoms with Gasteiger partial charge in [-0.15, -0.1) is 0 Å². The highest BCUT2D eigenvalue weighted by atomic mass is 19.1. The van der Waals surface area contributed by atoms with Crippen LogP contribution < -0.4 is 4.74 Å². The molecule has 0 spiro atoms. The Morgan fingerprint density at radius 1 is 1.10 bits per heavy atom. The van der Waals surface area contributed by atoms with E-state index in [0.717, 1.165) is 55.4 Å². The number of methoxy groups -OCH3 is 1. The summed E-state index contributed by atoms with van der Waals surface area (Å²) in [6, 6.07) is 13.2. The normalized spacial score (nSPS) is 19.2. The lowest BCUT2D eigenvalue weighted by Crippen LogP contribution is -2.45. The minimum Gasteiger partial charge on any atom is -0.494 e. The molecular formula is C23H25FN4O. The number of hydrogen-bond acceptors (Lipinski definition) is 4. The molecule has 4 bridgehead atoms. The Balaban J connectivity index is 1.66. The van der Waals surface area contributed by atoms with Gasteiger partial charge in [0.15, 0.2) is 0 Å². The maximum absolute atomic E-state index is 14.8. The number of piperazine rings is 1. The van der Waals surface area contributed by atoms with Crippen LogP contribution in [0.25, 0.3) is 16.9 Å². The van der Waals surface area contributed by atoms with Crippen molar-refractivity contribution < 1.29 is 9.13 Å². The fraction of sp³-hybridized carbons (Fsp3) is 0.348. The number of nitrogens with zero attached hydrogens (tertiary/aromatic N) is 4. The topological polar surface area (TPSA) is 33.5 Å². The summed E-state index contributed by atoms with van der Waals surface area (Å²) in [5.74, 6) is 0.630. The van der Waals surface area contributed by atoms with E-state index >= 15 is 0 Å². The molecule has 6 rings (SSSR count). The largest absolute Gasteiger partial charge is 0.494 e. The van der Waals surface area contributed by atoms with Crippen molar-refractivity contribution >= 4 is 0 Å². The Morgan fingerprint density at radius 2 is 1.90 bits per heavy atom. The predicted molar refractivity (Wildman–Crippen MR) is 111 cm³/mol. The van der Waals surface area contributed by atoms with Crippen molar-refractivity contribution in [3.8, 4) is 22.7 Å². The molecule has 0 aliphatic carbocycles. The quantitative estimate of drug-likeness (QED) is 0.682. The van der Waals surface area contributed by atoms with Crippen LogP contribution in [0.5, 0.6) is 5.75 Å². The Bertz CT molecular complexity index is 1040. The zero-order valence-electron chi connectivity index (χ0n) is 16.8. The summed E-state index contributed by atoms with van der Waals surface area (Å²) in [6.07, 6.45) is 1.90. The van der Waals surface area contributed by atoms with Crippen LogP contribution in [0.3, 0.4) is 0 Å². The highest BCUT2D eigenvalue weighted by Crippen LogP contribution is 2.42. The predicted octanol–water partition coefficient (Wildman–Crippen LogP) is 3.38. The van der Waals surface area contributed by atoms with Crippen molar-refractivity contribution in [2.45, 2.75) is 5.92 Å². The average molecular weight is 392 g/mol. The van der Waals surface area contributed by atoms with Gasteiger partial charge in [0.05, 0.1) is 19.0 Å². The second-order valence-corrected chi connectivity index (χ2v) is 7.93. The standard InChI is InChI=1S/C23H25FN4O/c1-26-9-11-27(12-10-26)15-19-16-7-8-21(22(13-16)29-2)28-23(18(19)14-25-28)17-5-3-4-6-20(17)24/h3-8,13-14,19H,9-12,15H2,1-2H3. The summed E-state index contributed by atoms with van der Waals surface area (Å²) in [4.78, 5) is 4.85. The smallest absolute Gasteiger partial charge is 0.144 e. The highest BCUT2D eigenvalue weighted by Gasteiger charge is 2.31. The second kappa shape index (κ2) is 7.28. The summed E-state index contributed by atoms with van der Waals surface area (Å²) in [5.41, 5.74) is 4.48. The first-order valence-electron chi connectivity index (χ1n) is 10.1. The van der Waals surface area contributed by atoms with Gasteiger partial charge in [0.2, 0.25) is 0 Å². The fourth-order valence-corrected chi connectivity index (χ4v) is 4.48. The molecule has 2 aromatic carbocycles. The molecule has 6 heteroatoms. The van der Waals surface area contributed by atoms with Gasteiger partial charge in [0.1, 0.15) is 17.3 Å². The number of ether oxygens (including phenoxy) is 1. The zero-order valence-corrected chi connectivity index (χ0v) is 16.8. The summed E-state index contributed by atoms with van der Waals surface area (Å²) in [5, 5.41) is 4.67. The molecule has 0 radical (unpaired) electrons. The third-order valence-electron chi connectivity index (χ3n) is 6.17. The molecule has 1 atom stereocenters. The average Bonchev–Trinajstić information content (AvgIpc) is 3.20. The van der Waals surface area contributed by atoms with E-state index in [2.05, 4.69) is 34.1 Å². The third-order valence-corrected chi connectivity index (χ3v) is 6.17. The van der Waals surface area contributed by atoms with Crippen LogP contribution in [0.15, 0.2) is 48.7 Å². The van der Waals surface area contributed by atoms with Crippen LogP contribution in [0.2, 0.25) is 0 Å². The number of benzene rings is 2. The SMILES string of the molecule is COc1cc2ccc1-n1ncc(c1-c1ccccc1F)C2CN1CCN(C)CC1. The van der Waals surface area contributed by atoms with Gasteiger partial charge in [-0.3, -0.25) is 4.90 Å². The van der Waals surface area contributed by atoms with Crippen LogP contribution in [0, 0.1) is 5.82 Å². The summed E-state index contributed by atoms with van der Waals surface area (Å²) >= 11 is 0. The van der Waals surface area contributed by atoms with Gasteiger partial charge in [-0.25, -0.2) is 9.07 Å². The number of aromatic nitrogens is 2. The van der Waals surface area contributed by atoms with Crippen molar-refractivity contribution in [2.75, 3.05) is 46.9 Å². The minimum atomic E-state index is -0.233. The van der Waals surface area contributed by atoms with Gasteiger partial charge >= 0.3 is 0 Å². The van der Waals surface area contributed by atoms with E-state index in [1.54, 1.807) is 13.2 Å². The van der Waals surface area contributed by atoms with E-state index in [4.69, 9.17) is 4.74 Å². The molecule has 5 nitrogen and oxygen atoms in total. The molecule has 0 amide bonds. The van der Waals surface area contributed by atoms with Crippen LogP contribution >= 0.6 is 0 Å². The second-order valence-electron chi connectivity index (χ2n) is 7.93. The van der Waals surface area contributed by atoms with Gasteiger partial charge in [0, 0.05) is 49.8 Å². The number of hydrogen-bond donors (Lipinski definition) is 0. The third kappa shape index (κ3) is 3.12. The van der Waals surface area contributed by atoms with E-state index in [-0.39, 0.29) is 11.7 Å². The van der Waals surface area contributed by atoms with Crippen LogP contribution in [-0.4, -0.2) is 66.5 Å². The van der Waals surface area contributed by atoms with Gasteiger partial charge in [0.25, 0.3) is 0 Å². The van der Waals surface area contributed by atoms with Gasteiger partial charge in [-0.1, -0.05) is 18.2 Å². The van der Waals surface area contributed by atoms with Gasteiger partial charge in [-0.2, -0.15) is 5.10 Å². The molecule has 1 fully saturated rings. The molecule has 1 unspecified atom stereocenters. The lowest BCUT2D eigenvalue weighted by molar-refractivity contribution is 0.151. The molecule has 150 valence electrons. The number of fused-ring (bicyclic) bond motifs is 2. The molecule has 0 N–H and O–H groups in total. The summed E-state index contributed by atoms with van der Waals surface area (Å²) < 4.78 is 22.3. The summed E-state index contributed by atoms with van der Waals surface area (Å²) in [7, 11) is 3.84. The van der Waals surface area contributed by atoms with Crippen molar-refractivity contribution in [1.29, 1.82) is 0 Å². The van der Waals surface area contributed by atoms with Crippen molar-refractivity contribution in [1.82, 2.24) is 19.6 Å². The lowest BCUT2D eigenvalue weighted by atomic mass is 9.87. The zero-order chi connectivity index (χ0) is 20.0. The first-order chi connectivity index (χ1) is 14.2.